The number of carbonyl (C=O) groups is 1. The zero-order valence-corrected chi connectivity index (χ0v) is 17.2. The molecule has 6 nitrogen and oxygen atoms in total. The molecule has 150 valence electrons. The highest BCUT2D eigenvalue weighted by atomic mass is 35.5. The van der Waals surface area contributed by atoms with Crippen molar-refractivity contribution in [2.45, 2.75) is 26.2 Å². The third kappa shape index (κ3) is 3.72. The molecule has 29 heavy (non-hydrogen) atoms. The number of fused-ring (bicyclic) bond motifs is 1. The Hall–Kier alpha value is -2.86. The lowest BCUT2D eigenvalue weighted by Crippen LogP contribution is -2.46. The van der Waals surface area contributed by atoms with E-state index >= 15 is 0 Å². The lowest BCUT2D eigenvalue weighted by molar-refractivity contribution is -0.126. The van der Waals surface area contributed by atoms with Crippen LogP contribution in [0.4, 0.5) is 11.5 Å². The van der Waals surface area contributed by atoms with E-state index in [1.54, 1.807) is 18.5 Å². The number of benzene rings is 1. The monoisotopic (exact) mass is 409 g/mol. The van der Waals surface area contributed by atoms with Gasteiger partial charge in [-0.25, -0.2) is 9.97 Å². The summed E-state index contributed by atoms with van der Waals surface area (Å²) >= 11 is 6.06. The molecular weight excluding hydrogens is 386 g/mol. The third-order valence-electron chi connectivity index (χ3n) is 5.77. The Kier molecular flexibility index (Phi) is 5.28. The Morgan fingerprint density at radius 3 is 2.90 bits per heavy atom. The summed E-state index contributed by atoms with van der Waals surface area (Å²) in [6.45, 7) is 7.43. The molecule has 0 atom stereocenters. The van der Waals surface area contributed by atoms with Gasteiger partial charge in [0, 0.05) is 30.0 Å². The number of rotatable bonds is 5. The molecule has 0 radical (unpaired) electrons. The molecule has 0 aliphatic carbocycles. The first-order valence-corrected chi connectivity index (χ1v) is 10.1. The number of hydrogen-bond acceptors (Lipinski definition) is 4. The topological polar surface area (TPSA) is 73.9 Å². The van der Waals surface area contributed by atoms with E-state index in [-0.39, 0.29) is 5.91 Å². The van der Waals surface area contributed by atoms with Crippen LogP contribution in [-0.4, -0.2) is 33.9 Å². The maximum atomic E-state index is 13.2. The molecule has 1 aliphatic heterocycles. The first kappa shape index (κ1) is 19.5. The molecule has 3 aromatic rings. The average Bonchev–Trinajstić information content (AvgIpc) is 3.10. The van der Waals surface area contributed by atoms with Crippen molar-refractivity contribution in [2.75, 3.05) is 23.3 Å². The van der Waals surface area contributed by atoms with Crippen LogP contribution < -0.4 is 10.2 Å². The average molecular weight is 410 g/mol. The predicted octanol–water partition coefficient (Wildman–Crippen LogP) is 4.72. The zero-order valence-electron chi connectivity index (χ0n) is 16.4. The maximum Gasteiger partial charge on any atom is 0.231 e. The summed E-state index contributed by atoms with van der Waals surface area (Å²) in [5.41, 5.74) is 2.19. The highest BCUT2D eigenvalue weighted by Gasteiger charge is 2.41. The van der Waals surface area contributed by atoms with E-state index in [1.807, 2.05) is 24.4 Å². The SMILES string of the molecule is C=CCC1(C(=O)Nc2cccc(Cl)c2)CCN(c2ncnc3[nH]cc(C)c23)CC1. The number of carbonyl (C=O) groups excluding carboxylic acids is 1. The van der Waals surface area contributed by atoms with Gasteiger partial charge in [-0.15, -0.1) is 6.58 Å². The highest BCUT2D eigenvalue weighted by molar-refractivity contribution is 6.30. The van der Waals surface area contributed by atoms with Gasteiger partial charge in [-0.1, -0.05) is 23.7 Å². The molecule has 4 rings (SSSR count). The predicted molar refractivity (Wildman–Crippen MR) is 117 cm³/mol. The van der Waals surface area contributed by atoms with Crippen LogP contribution >= 0.6 is 11.6 Å². The Morgan fingerprint density at radius 1 is 1.38 bits per heavy atom. The fourth-order valence-corrected chi connectivity index (χ4v) is 4.30. The maximum absolute atomic E-state index is 13.2. The molecular formula is C22H24ClN5O. The number of hydrogen-bond donors (Lipinski definition) is 2. The van der Waals surface area contributed by atoms with E-state index < -0.39 is 5.41 Å². The fraction of sp³-hybridized carbons (Fsp3) is 0.318. The van der Waals surface area contributed by atoms with Crippen LogP contribution in [0.1, 0.15) is 24.8 Å². The van der Waals surface area contributed by atoms with Gasteiger partial charge in [-0.3, -0.25) is 4.79 Å². The normalized spacial score (nSPS) is 16.0. The molecule has 0 saturated carbocycles. The highest BCUT2D eigenvalue weighted by Crippen LogP contribution is 2.39. The summed E-state index contributed by atoms with van der Waals surface area (Å²) in [5.74, 6) is 0.946. The van der Waals surface area contributed by atoms with Crippen LogP contribution in [0.25, 0.3) is 11.0 Å². The van der Waals surface area contributed by atoms with Crippen LogP contribution in [0, 0.1) is 12.3 Å². The molecule has 3 heterocycles. The molecule has 0 bridgehead atoms. The second-order valence-electron chi connectivity index (χ2n) is 7.62. The van der Waals surface area contributed by atoms with E-state index in [9.17, 15) is 4.79 Å². The summed E-state index contributed by atoms with van der Waals surface area (Å²) in [6.07, 6.45) is 7.46. The first-order valence-electron chi connectivity index (χ1n) is 9.74. The second kappa shape index (κ2) is 7.87. The molecule has 1 fully saturated rings. The van der Waals surface area contributed by atoms with E-state index in [1.165, 1.54) is 0 Å². The smallest absolute Gasteiger partial charge is 0.231 e. The van der Waals surface area contributed by atoms with E-state index in [0.717, 1.165) is 48.3 Å². The van der Waals surface area contributed by atoms with Gasteiger partial charge in [-0.2, -0.15) is 0 Å². The van der Waals surface area contributed by atoms with Crippen molar-refractivity contribution >= 4 is 40.0 Å². The Morgan fingerprint density at radius 2 is 2.17 bits per heavy atom. The molecule has 2 aromatic heterocycles. The molecule has 1 saturated heterocycles. The lowest BCUT2D eigenvalue weighted by atomic mass is 9.74. The van der Waals surface area contributed by atoms with Gasteiger partial charge < -0.3 is 15.2 Å². The number of anilines is 2. The van der Waals surface area contributed by atoms with Gasteiger partial charge in [0.05, 0.1) is 10.8 Å². The molecule has 0 spiro atoms. The van der Waals surface area contributed by atoms with Gasteiger partial charge in [0.2, 0.25) is 5.91 Å². The van der Waals surface area contributed by atoms with E-state index in [0.29, 0.717) is 17.1 Å². The summed E-state index contributed by atoms with van der Waals surface area (Å²) in [7, 11) is 0. The van der Waals surface area contributed by atoms with E-state index in [4.69, 9.17) is 11.6 Å². The summed E-state index contributed by atoms with van der Waals surface area (Å²) in [6, 6.07) is 7.25. The minimum Gasteiger partial charge on any atom is -0.356 e. The quantitative estimate of drug-likeness (QED) is 0.598. The van der Waals surface area contributed by atoms with Crippen molar-refractivity contribution in [1.82, 2.24) is 15.0 Å². The van der Waals surface area contributed by atoms with Crippen molar-refractivity contribution in [3.05, 3.63) is 60.0 Å². The molecule has 1 aromatic carbocycles. The number of H-pyrrole nitrogens is 1. The van der Waals surface area contributed by atoms with Gasteiger partial charge in [0.1, 0.15) is 17.8 Å². The lowest BCUT2D eigenvalue weighted by Gasteiger charge is -2.40. The Balaban J connectivity index is 1.54. The first-order chi connectivity index (χ1) is 14.0. The van der Waals surface area contributed by atoms with Gasteiger partial charge >= 0.3 is 0 Å². The van der Waals surface area contributed by atoms with Crippen molar-refractivity contribution in [3.63, 3.8) is 0 Å². The third-order valence-corrected chi connectivity index (χ3v) is 6.00. The second-order valence-corrected chi connectivity index (χ2v) is 8.05. The van der Waals surface area contributed by atoms with Gasteiger partial charge in [-0.05, 0) is 49.9 Å². The minimum atomic E-state index is -0.486. The van der Waals surface area contributed by atoms with Crippen LogP contribution in [0.2, 0.25) is 5.02 Å². The van der Waals surface area contributed by atoms with Crippen molar-refractivity contribution in [1.29, 1.82) is 0 Å². The van der Waals surface area contributed by atoms with E-state index in [2.05, 4.69) is 38.7 Å². The van der Waals surface area contributed by atoms with Crippen molar-refractivity contribution < 1.29 is 4.79 Å². The van der Waals surface area contributed by atoms with Crippen molar-refractivity contribution in [2.24, 2.45) is 5.41 Å². The van der Waals surface area contributed by atoms with Gasteiger partial charge in [0.15, 0.2) is 0 Å². The number of halogens is 1. The number of piperidine rings is 1. The number of nitrogens with one attached hydrogen (secondary N) is 2. The number of allylic oxidation sites excluding steroid dienone is 1. The van der Waals surface area contributed by atoms with Crippen LogP contribution in [0.15, 0.2) is 49.4 Å². The number of aromatic nitrogens is 3. The molecule has 7 heteroatoms. The largest absolute Gasteiger partial charge is 0.356 e. The number of amides is 1. The molecule has 1 aliphatic rings. The van der Waals surface area contributed by atoms with Gasteiger partial charge in [0.25, 0.3) is 0 Å². The fourth-order valence-electron chi connectivity index (χ4n) is 4.11. The summed E-state index contributed by atoms with van der Waals surface area (Å²) in [5, 5.41) is 4.70. The zero-order chi connectivity index (χ0) is 20.4. The molecule has 1 amide bonds. The Bertz CT molecular complexity index is 1050. The minimum absolute atomic E-state index is 0.0185. The number of aromatic amines is 1. The van der Waals surface area contributed by atoms with Crippen LogP contribution in [-0.2, 0) is 4.79 Å². The summed E-state index contributed by atoms with van der Waals surface area (Å²) in [4.78, 5) is 27.5. The van der Waals surface area contributed by atoms with Crippen molar-refractivity contribution in [3.8, 4) is 0 Å². The molecule has 2 N–H and O–H groups in total. The molecule has 0 unspecified atom stereocenters. The Labute approximate surface area is 175 Å². The number of aryl methyl sites for hydroxylation is 1. The van der Waals surface area contributed by atoms with Crippen LogP contribution in [0.5, 0.6) is 0 Å². The van der Waals surface area contributed by atoms with Crippen LogP contribution in [0.3, 0.4) is 0 Å². The standard InChI is InChI=1S/C22H24ClN5O/c1-3-7-22(21(29)27-17-6-4-5-16(23)12-17)8-10-28(11-9-22)20-18-15(2)13-24-19(18)25-14-26-20/h3-6,12-14H,1,7-11H2,2H3,(H,27,29)(H,24,25,26). The number of nitrogens with zero attached hydrogens (tertiary/aromatic N) is 3. The summed E-state index contributed by atoms with van der Waals surface area (Å²) < 4.78 is 0.